The molecule has 3 rings (SSSR count). The van der Waals surface area contributed by atoms with Crippen molar-refractivity contribution in [1.82, 2.24) is 15.2 Å². The second-order valence-electron chi connectivity index (χ2n) is 12.4. The van der Waals surface area contributed by atoms with Crippen LogP contribution < -0.4 is 5.32 Å². The Morgan fingerprint density at radius 2 is 1.76 bits per heavy atom. The Kier molecular flexibility index (Phi) is 8.64. The van der Waals surface area contributed by atoms with Gasteiger partial charge in [0.1, 0.15) is 6.04 Å². The van der Waals surface area contributed by atoms with Gasteiger partial charge >= 0.3 is 0 Å². The van der Waals surface area contributed by atoms with Crippen LogP contribution in [0.25, 0.3) is 10.4 Å². The van der Waals surface area contributed by atoms with Crippen LogP contribution in [0.4, 0.5) is 0 Å². The molecule has 0 spiro atoms. The molecular weight excluding hydrogens is 486 g/mol. The van der Waals surface area contributed by atoms with Crippen molar-refractivity contribution in [2.75, 3.05) is 6.54 Å². The lowest BCUT2D eigenvalue weighted by Crippen LogP contribution is -2.58. The second kappa shape index (κ2) is 11.0. The number of hydrogen-bond acceptors (Lipinski definition) is 6. The van der Waals surface area contributed by atoms with E-state index in [4.69, 9.17) is 0 Å². The van der Waals surface area contributed by atoms with Crippen LogP contribution in [0.1, 0.15) is 78.5 Å². The third-order valence-electron chi connectivity index (χ3n) is 7.00. The Bertz CT molecular complexity index is 1130. The molecule has 4 atom stereocenters. The fourth-order valence-electron chi connectivity index (χ4n) is 4.62. The molecular formula is C29H41N3O4S. The molecule has 2 aromatic rings. The van der Waals surface area contributed by atoms with Crippen LogP contribution in [-0.2, 0) is 14.4 Å². The zero-order valence-electron chi connectivity index (χ0n) is 23.3. The Morgan fingerprint density at radius 1 is 1.14 bits per heavy atom. The van der Waals surface area contributed by atoms with Gasteiger partial charge in [-0.2, -0.15) is 0 Å². The Hall–Kier alpha value is -2.58. The highest BCUT2D eigenvalue weighted by Crippen LogP contribution is 2.32. The highest BCUT2D eigenvalue weighted by atomic mass is 32.1. The molecule has 4 unspecified atom stereocenters. The van der Waals surface area contributed by atoms with Crippen LogP contribution in [0.3, 0.4) is 0 Å². The third kappa shape index (κ3) is 6.85. The first-order valence-electron chi connectivity index (χ1n) is 12.9. The van der Waals surface area contributed by atoms with Gasteiger partial charge in [-0.3, -0.25) is 14.4 Å². The third-order valence-corrected chi connectivity index (χ3v) is 7.98. The molecule has 0 aliphatic carbocycles. The monoisotopic (exact) mass is 527 g/mol. The van der Waals surface area contributed by atoms with Gasteiger partial charge in [-0.1, -0.05) is 72.7 Å². The zero-order chi connectivity index (χ0) is 27.7. The molecule has 1 aromatic carbocycles. The summed E-state index contributed by atoms with van der Waals surface area (Å²) in [6, 6.07) is 6.67. The molecule has 7 nitrogen and oxygen atoms in total. The van der Waals surface area contributed by atoms with Crippen molar-refractivity contribution in [2.45, 2.75) is 92.3 Å². The second-order valence-corrected chi connectivity index (χ2v) is 13.2. The number of aryl methyl sites for hydroxylation is 1. The number of hydrogen-bond donors (Lipinski definition) is 2. The number of aliphatic hydroxyl groups is 1. The predicted octanol–water partition coefficient (Wildman–Crippen LogP) is 4.72. The first kappa shape index (κ1) is 29.0. The van der Waals surface area contributed by atoms with Gasteiger partial charge in [0.15, 0.2) is 5.78 Å². The van der Waals surface area contributed by atoms with Crippen LogP contribution in [0.15, 0.2) is 29.8 Å². The number of amides is 2. The maximum Gasteiger partial charge on any atom is 0.246 e. The van der Waals surface area contributed by atoms with Crippen molar-refractivity contribution in [3.63, 3.8) is 0 Å². The van der Waals surface area contributed by atoms with E-state index in [1.807, 2.05) is 52.3 Å². The SMILES string of the molecule is Cc1ncsc1-c1ccc(C(C)CC(=O)C2CC(O)CN2C(=O)C(NC(=O)C(C)(C)C)C(C)(C)C)cc1. The lowest BCUT2D eigenvalue weighted by molar-refractivity contribution is -0.144. The molecule has 1 aliphatic heterocycles. The van der Waals surface area contributed by atoms with Crippen molar-refractivity contribution < 1.29 is 19.5 Å². The predicted molar refractivity (Wildman–Crippen MR) is 147 cm³/mol. The molecule has 1 saturated heterocycles. The van der Waals surface area contributed by atoms with E-state index in [2.05, 4.69) is 22.4 Å². The standard InChI is InChI=1S/C29H41N3O4S/c1-17(19-9-11-20(12-10-19)24-18(2)30-16-37-24)13-23(34)22-14-21(33)15-32(22)26(35)25(28(3,4)5)31-27(36)29(6,7)8/h9-12,16-17,21-22,25,33H,13-15H2,1-8H3,(H,31,36). The minimum Gasteiger partial charge on any atom is -0.391 e. The van der Waals surface area contributed by atoms with Crippen molar-refractivity contribution >= 4 is 28.9 Å². The maximum atomic E-state index is 13.7. The molecule has 2 heterocycles. The number of ketones is 1. The molecule has 8 heteroatoms. The van der Waals surface area contributed by atoms with Gasteiger partial charge in [0, 0.05) is 24.8 Å². The molecule has 0 bridgehead atoms. The van der Waals surface area contributed by atoms with Crippen molar-refractivity contribution in [1.29, 1.82) is 0 Å². The Morgan fingerprint density at radius 3 is 2.27 bits per heavy atom. The molecule has 202 valence electrons. The maximum absolute atomic E-state index is 13.7. The summed E-state index contributed by atoms with van der Waals surface area (Å²) in [6.07, 6.45) is -0.298. The number of benzene rings is 1. The average molecular weight is 528 g/mol. The van der Waals surface area contributed by atoms with E-state index in [1.54, 1.807) is 32.1 Å². The summed E-state index contributed by atoms with van der Waals surface area (Å²) in [5.41, 5.74) is 3.75. The highest BCUT2D eigenvalue weighted by Gasteiger charge is 2.45. The van der Waals surface area contributed by atoms with E-state index in [0.29, 0.717) is 0 Å². The van der Waals surface area contributed by atoms with Gasteiger partial charge in [0.2, 0.25) is 11.8 Å². The van der Waals surface area contributed by atoms with Crippen molar-refractivity contribution in [3.05, 3.63) is 41.0 Å². The summed E-state index contributed by atoms with van der Waals surface area (Å²) in [6.45, 7) is 15.1. The molecule has 1 aromatic heterocycles. The highest BCUT2D eigenvalue weighted by molar-refractivity contribution is 7.13. The molecule has 0 saturated carbocycles. The van der Waals surface area contributed by atoms with Gasteiger partial charge in [-0.25, -0.2) is 4.98 Å². The molecule has 2 amide bonds. The number of rotatable bonds is 7. The van der Waals surface area contributed by atoms with E-state index >= 15 is 0 Å². The van der Waals surface area contributed by atoms with Crippen LogP contribution in [0.5, 0.6) is 0 Å². The van der Waals surface area contributed by atoms with Gasteiger partial charge in [0.05, 0.1) is 28.2 Å². The number of nitrogens with one attached hydrogen (secondary N) is 1. The fraction of sp³-hybridized carbons (Fsp3) is 0.586. The number of β-amino-alcohol motifs (C(OH)–C–C–N with tert-alkyl or cyclic N) is 1. The van der Waals surface area contributed by atoms with E-state index in [-0.39, 0.29) is 42.9 Å². The number of aliphatic hydroxyl groups excluding tert-OH is 1. The summed E-state index contributed by atoms with van der Waals surface area (Å²) in [7, 11) is 0. The summed E-state index contributed by atoms with van der Waals surface area (Å²) in [5, 5.41) is 13.3. The van der Waals surface area contributed by atoms with E-state index in [9.17, 15) is 19.5 Å². The molecule has 1 fully saturated rings. The number of likely N-dealkylation sites (tertiary alicyclic amines) is 1. The normalized spacial score (nSPS) is 20.0. The minimum atomic E-state index is -0.806. The molecule has 2 N–H and O–H groups in total. The number of carbonyl (C=O) groups is 3. The van der Waals surface area contributed by atoms with Crippen molar-refractivity contribution in [2.24, 2.45) is 10.8 Å². The molecule has 1 aliphatic rings. The summed E-state index contributed by atoms with van der Waals surface area (Å²) >= 11 is 1.60. The lowest BCUT2D eigenvalue weighted by Gasteiger charge is -2.36. The van der Waals surface area contributed by atoms with Gasteiger partial charge in [-0.05, 0) is 29.4 Å². The van der Waals surface area contributed by atoms with Gasteiger partial charge < -0.3 is 15.3 Å². The summed E-state index contributed by atoms with van der Waals surface area (Å²) < 4.78 is 0. The fourth-order valence-corrected chi connectivity index (χ4v) is 5.43. The molecule has 37 heavy (non-hydrogen) atoms. The topological polar surface area (TPSA) is 99.6 Å². The number of carbonyl (C=O) groups excluding carboxylic acids is 3. The van der Waals surface area contributed by atoms with Crippen molar-refractivity contribution in [3.8, 4) is 10.4 Å². The number of thiazole rings is 1. The minimum absolute atomic E-state index is 0.0437. The van der Waals surface area contributed by atoms with Crippen LogP contribution >= 0.6 is 11.3 Å². The Balaban J connectivity index is 1.74. The summed E-state index contributed by atoms with van der Waals surface area (Å²) in [5.74, 6) is -0.668. The van der Waals surface area contributed by atoms with Gasteiger partial charge in [0.25, 0.3) is 0 Å². The van der Waals surface area contributed by atoms with E-state index in [0.717, 1.165) is 21.7 Å². The van der Waals surface area contributed by atoms with Crippen LogP contribution in [0.2, 0.25) is 0 Å². The zero-order valence-corrected chi connectivity index (χ0v) is 24.1. The first-order valence-corrected chi connectivity index (χ1v) is 13.8. The van der Waals surface area contributed by atoms with E-state index in [1.165, 1.54) is 4.90 Å². The van der Waals surface area contributed by atoms with Gasteiger partial charge in [-0.15, -0.1) is 11.3 Å². The first-order chi connectivity index (χ1) is 17.1. The Labute approximate surface area is 224 Å². The van der Waals surface area contributed by atoms with E-state index < -0.39 is 29.0 Å². The number of aromatic nitrogens is 1. The summed E-state index contributed by atoms with van der Waals surface area (Å²) in [4.78, 5) is 46.8. The smallest absolute Gasteiger partial charge is 0.246 e. The van der Waals surface area contributed by atoms with Crippen LogP contribution in [-0.4, -0.2) is 57.3 Å². The number of Topliss-reactive ketones (excluding diaryl/α,β-unsaturated/α-hetero) is 1. The largest absolute Gasteiger partial charge is 0.391 e. The molecule has 0 radical (unpaired) electrons. The average Bonchev–Trinajstić information content (AvgIpc) is 3.40. The van der Waals surface area contributed by atoms with Crippen LogP contribution in [0, 0.1) is 17.8 Å². The number of nitrogens with zero attached hydrogens (tertiary/aromatic N) is 2. The quantitative estimate of drug-likeness (QED) is 0.543. The lowest BCUT2D eigenvalue weighted by atomic mass is 9.84.